The lowest BCUT2D eigenvalue weighted by atomic mass is 10.1. The summed E-state index contributed by atoms with van der Waals surface area (Å²) in [5.41, 5.74) is 0. The van der Waals surface area contributed by atoms with Gasteiger partial charge in [-0.25, -0.2) is 0 Å². The van der Waals surface area contributed by atoms with Crippen LogP contribution in [0.25, 0.3) is 0 Å². The Balaban J connectivity index is 2.26. The first-order valence-corrected chi connectivity index (χ1v) is 5.23. The van der Waals surface area contributed by atoms with Crippen LogP contribution in [0.2, 0.25) is 0 Å². The number of hydrogen-bond acceptors (Lipinski definition) is 3. The third-order valence-corrected chi connectivity index (χ3v) is 2.53. The van der Waals surface area contributed by atoms with E-state index in [0.717, 1.165) is 6.54 Å². The van der Waals surface area contributed by atoms with Gasteiger partial charge < -0.3 is 15.5 Å². The number of hydrogen-bond donors (Lipinski definition) is 2. The molecule has 0 aromatic carbocycles. The van der Waals surface area contributed by atoms with E-state index in [4.69, 9.17) is 0 Å². The zero-order chi connectivity index (χ0) is 11.4. The molecule has 5 heteroatoms. The molecule has 1 fully saturated rings. The standard InChI is InChI=1S/C10H19N3O2/c1-7-6-8(12-9(7)14)10(15)11-4-5-13(2)3/h7-8H,4-6H2,1-3H3,(H,11,15)(H,12,14). The van der Waals surface area contributed by atoms with Crippen LogP contribution in [0, 0.1) is 5.92 Å². The van der Waals surface area contributed by atoms with Crippen molar-refractivity contribution in [2.24, 2.45) is 5.92 Å². The van der Waals surface area contributed by atoms with Gasteiger partial charge in [0.2, 0.25) is 11.8 Å². The largest absolute Gasteiger partial charge is 0.353 e. The summed E-state index contributed by atoms with van der Waals surface area (Å²) < 4.78 is 0. The predicted octanol–water partition coefficient (Wildman–Crippen LogP) is -0.811. The molecule has 0 saturated carbocycles. The van der Waals surface area contributed by atoms with Gasteiger partial charge in [0.25, 0.3) is 0 Å². The molecule has 0 radical (unpaired) electrons. The molecule has 0 aliphatic carbocycles. The number of rotatable bonds is 4. The Bertz CT molecular complexity index is 253. The molecule has 0 aromatic rings. The lowest BCUT2D eigenvalue weighted by Gasteiger charge is -2.13. The molecule has 2 atom stereocenters. The summed E-state index contributed by atoms with van der Waals surface area (Å²) in [5, 5.41) is 5.48. The fraction of sp³-hybridized carbons (Fsp3) is 0.800. The molecular weight excluding hydrogens is 194 g/mol. The Hall–Kier alpha value is -1.10. The highest BCUT2D eigenvalue weighted by atomic mass is 16.2. The summed E-state index contributed by atoms with van der Waals surface area (Å²) in [7, 11) is 3.90. The van der Waals surface area contributed by atoms with Gasteiger partial charge in [0.05, 0.1) is 0 Å². The van der Waals surface area contributed by atoms with Crippen molar-refractivity contribution in [3.63, 3.8) is 0 Å². The summed E-state index contributed by atoms with van der Waals surface area (Å²) in [6, 6.07) is -0.338. The SMILES string of the molecule is CC1CC(C(=O)NCCN(C)C)NC1=O. The van der Waals surface area contributed by atoms with Gasteiger partial charge in [-0.05, 0) is 20.5 Å². The van der Waals surface area contributed by atoms with Gasteiger partial charge in [0.15, 0.2) is 0 Å². The second-order valence-corrected chi connectivity index (χ2v) is 4.29. The van der Waals surface area contributed by atoms with E-state index in [2.05, 4.69) is 10.6 Å². The van der Waals surface area contributed by atoms with Crippen molar-refractivity contribution in [3.8, 4) is 0 Å². The van der Waals surface area contributed by atoms with Crippen LogP contribution in [-0.2, 0) is 9.59 Å². The minimum absolute atomic E-state index is 0.0252. The van der Waals surface area contributed by atoms with E-state index in [9.17, 15) is 9.59 Å². The van der Waals surface area contributed by atoms with Crippen molar-refractivity contribution < 1.29 is 9.59 Å². The molecule has 2 N–H and O–H groups in total. The van der Waals surface area contributed by atoms with Crippen LogP contribution in [0.1, 0.15) is 13.3 Å². The first-order chi connectivity index (χ1) is 7.00. The number of amides is 2. The highest BCUT2D eigenvalue weighted by Gasteiger charge is 2.32. The quantitative estimate of drug-likeness (QED) is 0.642. The zero-order valence-electron chi connectivity index (χ0n) is 9.54. The van der Waals surface area contributed by atoms with Gasteiger partial charge in [-0.3, -0.25) is 9.59 Å². The van der Waals surface area contributed by atoms with E-state index in [1.54, 1.807) is 0 Å². The lowest BCUT2D eigenvalue weighted by molar-refractivity contribution is -0.126. The van der Waals surface area contributed by atoms with Crippen molar-refractivity contribution in [1.29, 1.82) is 0 Å². The Morgan fingerprint density at radius 1 is 1.60 bits per heavy atom. The molecule has 2 unspecified atom stereocenters. The van der Waals surface area contributed by atoms with Crippen molar-refractivity contribution in [2.75, 3.05) is 27.2 Å². The number of carbonyl (C=O) groups is 2. The third-order valence-electron chi connectivity index (χ3n) is 2.53. The van der Waals surface area contributed by atoms with E-state index < -0.39 is 0 Å². The fourth-order valence-corrected chi connectivity index (χ4v) is 1.53. The van der Waals surface area contributed by atoms with Crippen LogP contribution in [0.4, 0.5) is 0 Å². The number of carbonyl (C=O) groups excluding carboxylic acids is 2. The van der Waals surface area contributed by atoms with E-state index in [0.29, 0.717) is 13.0 Å². The molecule has 86 valence electrons. The molecule has 1 aliphatic heterocycles. The van der Waals surface area contributed by atoms with E-state index >= 15 is 0 Å². The van der Waals surface area contributed by atoms with Crippen LogP contribution >= 0.6 is 0 Å². The third kappa shape index (κ3) is 3.51. The lowest BCUT2D eigenvalue weighted by Crippen LogP contribution is -2.43. The molecule has 1 rings (SSSR count). The highest BCUT2D eigenvalue weighted by Crippen LogP contribution is 2.13. The van der Waals surface area contributed by atoms with Gasteiger partial charge in [-0.1, -0.05) is 6.92 Å². The second kappa shape index (κ2) is 5.11. The molecule has 2 amide bonds. The van der Waals surface area contributed by atoms with Gasteiger partial charge in [-0.15, -0.1) is 0 Å². The van der Waals surface area contributed by atoms with Gasteiger partial charge >= 0.3 is 0 Å². The van der Waals surface area contributed by atoms with Crippen LogP contribution in [-0.4, -0.2) is 49.9 Å². The summed E-state index contributed by atoms with van der Waals surface area (Å²) in [4.78, 5) is 24.7. The molecular formula is C10H19N3O2. The Kier molecular flexibility index (Phi) is 4.08. The molecule has 1 saturated heterocycles. The average molecular weight is 213 g/mol. The maximum absolute atomic E-state index is 11.6. The maximum Gasteiger partial charge on any atom is 0.242 e. The molecule has 1 aliphatic rings. The minimum atomic E-state index is -0.338. The highest BCUT2D eigenvalue weighted by molar-refractivity contribution is 5.91. The first kappa shape index (κ1) is 12.0. The number of nitrogens with zero attached hydrogens (tertiary/aromatic N) is 1. The van der Waals surface area contributed by atoms with Gasteiger partial charge in [0.1, 0.15) is 6.04 Å². The fourth-order valence-electron chi connectivity index (χ4n) is 1.53. The zero-order valence-corrected chi connectivity index (χ0v) is 9.54. The van der Waals surface area contributed by atoms with Crippen LogP contribution < -0.4 is 10.6 Å². The summed E-state index contributed by atoms with van der Waals surface area (Å²) >= 11 is 0. The predicted molar refractivity (Wildman–Crippen MR) is 57.3 cm³/mol. The van der Waals surface area contributed by atoms with E-state index in [-0.39, 0.29) is 23.8 Å². The number of nitrogens with one attached hydrogen (secondary N) is 2. The van der Waals surface area contributed by atoms with Gasteiger partial charge in [-0.2, -0.15) is 0 Å². The van der Waals surface area contributed by atoms with Gasteiger partial charge in [0, 0.05) is 19.0 Å². The van der Waals surface area contributed by atoms with Crippen LogP contribution in [0.5, 0.6) is 0 Å². The second-order valence-electron chi connectivity index (χ2n) is 4.29. The van der Waals surface area contributed by atoms with Crippen molar-refractivity contribution in [3.05, 3.63) is 0 Å². The normalized spacial score (nSPS) is 25.5. The van der Waals surface area contributed by atoms with Crippen molar-refractivity contribution in [2.45, 2.75) is 19.4 Å². The van der Waals surface area contributed by atoms with Crippen molar-refractivity contribution >= 4 is 11.8 Å². The molecule has 5 nitrogen and oxygen atoms in total. The molecule has 0 aromatic heterocycles. The maximum atomic E-state index is 11.6. The summed E-state index contributed by atoms with van der Waals surface area (Å²) in [5.74, 6) is -0.146. The summed E-state index contributed by atoms with van der Waals surface area (Å²) in [6.45, 7) is 3.26. The average Bonchev–Trinajstić information content (AvgIpc) is 2.46. The summed E-state index contributed by atoms with van der Waals surface area (Å²) in [6.07, 6.45) is 0.604. The molecule has 0 bridgehead atoms. The monoisotopic (exact) mass is 213 g/mol. The first-order valence-electron chi connectivity index (χ1n) is 5.23. The van der Waals surface area contributed by atoms with E-state index in [1.807, 2.05) is 25.9 Å². The molecule has 15 heavy (non-hydrogen) atoms. The topological polar surface area (TPSA) is 61.4 Å². The Labute approximate surface area is 90.2 Å². The smallest absolute Gasteiger partial charge is 0.242 e. The van der Waals surface area contributed by atoms with Crippen molar-refractivity contribution in [1.82, 2.24) is 15.5 Å². The van der Waals surface area contributed by atoms with Crippen LogP contribution in [0.3, 0.4) is 0 Å². The molecule has 0 spiro atoms. The van der Waals surface area contributed by atoms with E-state index in [1.165, 1.54) is 0 Å². The Morgan fingerprint density at radius 2 is 2.27 bits per heavy atom. The van der Waals surface area contributed by atoms with Crippen LogP contribution in [0.15, 0.2) is 0 Å². The Morgan fingerprint density at radius 3 is 2.73 bits per heavy atom. The minimum Gasteiger partial charge on any atom is -0.353 e. The number of likely N-dealkylation sites (N-methyl/N-ethyl adjacent to an activating group) is 1. The molecule has 1 heterocycles.